The Hall–Kier alpha value is -0.580. The van der Waals surface area contributed by atoms with E-state index in [0.717, 1.165) is 17.4 Å². The first-order valence-electron chi connectivity index (χ1n) is 19.8. The maximum absolute atomic E-state index is 13.5. The predicted octanol–water partition coefficient (Wildman–Crippen LogP) is 6.99. The Morgan fingerprint density at radius 3 is 2.17 bits per heavy atom. The summed E-state index contributed by atoms with van der Waals surface area (Å²) in [6.07, 6.45) is 19.9. The first-order valence-corrected chi connectivity index (χ1v) is 19.8. The van der Waals surface area contributed by atoms with Crippen molar-refractivity contribution in [1.29, 1.82) is 0 Å². The van der Waals surface area contributed by atoms with Crippen LogP contribution < -0.4 is 12.4 Å². The van der Waals surface area contributed by atoms with Crippen LogP contribution in [-0.2, 0) is 9.53 Å². The highest BCUT2D eigenvalue weighted by Crippen LogP contribution is 2.77. The van der Waals surface area contributed by atoms with E-state index in [9.17, 15) is 9.90 Å². The van der Waals surface area contributed by atoms with E-state index in [1.54, 1.807) is 0 Å². The molecule has 5 saturated carbocycles. The molecule has 5 heteroatoms. The Labute approximate surface area is 296 Å². The molecule has 0 heterocycles. The van der Waals surface area contributed by atoms with Crippen LogP contribution in [0.15, 0.2) is 12.2 Å². The summed E-state index contributed by atoms with van der Waals surface area (Å²) < 4.78 is 7.21. The Morgan fingerprint density at radius 2 is 1.51 bits per heavy atom. The van der Waals surface area contributed by atoms with Gasteiger partial charge in [0.1, 0.15) is 6.10 Å². The molecule has 5 aliphatic carbocycles. The third-order valence-corrected chi connectivity index (χ3v) is 16.4. The largest absolute Gasteiger partial charge is 1.00 e. The third kappa shape index (κ3) is 6.66. The van der Waals surface area contributed by atoms with Crippen LogP contribution in [0.5, 0.6) is 0 Å². The molecule has 1 N–H and O–H groups in total. The van der Waals surface area contributed by atoms with Crippen LogP contribution in [0.2, 0.25) is 0 Å². The number of fused-ring (bicyclic) bond motifs is 7. The Kier molecular flexibility index (Phi) is 11.9. The average molecular weight is 677 g/mol. The van der Waals surface area contributed by atoms with E-state index in [1.165, 1.54) is 102 Å². The molecular formula is C42H74ClNO3. The van der Waals surface area contributed by atoms with Gasteiger partial charge in [-0.25, -0.2) is 4.79 Å². The summed E-state index contributed by atoms with van der Waals surface area (Å²) >= 11 is 0. The second-order valence-electron chi connectivity index (χ2n) is 19.6. The molecule has 0 aromatic rings. The molecule has 5 rings (SSSR count). The van der Waals surface area contributed by atoms with Crippen molar-refractivity contribution in [3.63, 3.8) is 0 Å². The van der Waals surface area contributed by atoms with Crippen molar-refractivity contribution in [3.8, 4) is 0 Å². The number of aliphatic hydroxyl groups excluding tert-OH is 1. The minimum absolute atomic E-state index is 0. The Morgan fingerprint density at radius 1 is 0.830 bits per heavy atom. The lowest BCUT2D eigenvalue weighted by atomic mass is 9.32. The van der Waals surface area contributed by atoms with E-state index < -0.39 is 0 Å². The lowest BCUT2D eigenvalue weighted by molar-refractivity contribution is -0.883. The number of ether oxygens (including phenoxy) is 1. The van der Waals surface area contributed by atoms with Crippen molar-refractivity contribution in [2.24, 2.45) is 56.7 Å². The van der Waals surface area contributed by atoms with E-state index in [4.69, 9.17) is 4.74 Å². The fourth-order valence-corrected chi connectivity index (χ4v) is 13.7. The lowest BCUT2D eigenvalue weighted by Crippen LogP contribution is -3.00. The van der Waals surface area contributed by atoms with Crippen LogP contribution in [0.25, 0.3) is 0 Å². The van der Waals surface area contributed by atoms with Gasteiger partial charge in [-0.3, -0.25) is 0 Å². The van der Waals surface area contributed by atoms with Crippen LogP contribution in [-0.4, -0.2) is 55.5 Å². The van der Waals surface area contributed by atoms with Gasteiger partial charge in [0.15, 0.2) is 6.54 Å². The van der Waals surface area contributed by atoms with Crippen molar-refractivity contribution in [1.82, 2.24) is 0 Å². The Bertz CT molecular complexity index is 1120. The lowest BCUT2D eigenvalue weighted by Gasteiger charge is -2.73. The maximum atomic E-state index is 13.5. The summed E-state index contributed by atoms with van der Waals surface area (Å²) in [5.41, 5.74) is 2.33. The summed E-state index contributed by atoms with van der Waals surface area (Å²) in [6, 6.07) is 0. The Balaban J connectivity index is 0.00000500. The van der Waals surface area contributed by atoms with Gasteiger partial charge in [0.25, 0.3) is 0 Å². The number of nitrogens with zero attached hydrogens (tertiary/aromatic N) is 1. The van der Waals surface area contributed by atoms with E-state index in [2.05, 4.69) is 69.1 Å². The van der Waals surface area contributed by atoms with Crippen molar-refractivity contribution >= 4 is 5.97 Å². The molecule has 0 bridgehead atoms. The molecule has 0 aromatic carbocycles. The molecule has 5 aliphatic rings. The second kappa shape index (κ2) is 14.2. The van der Waals surface area contributed by atoms with Crippen molar-refractivity contribution in [2.75, 3.05) is 33.8 Å². The van der Waals surface area contributed by atoms with Gasteiger partial charge in [-0.1, -0.05) is 79.4 Å². The molecule has 0 saturated heterocycles. The number of allylic oxidation sites excluding steroid dienone is 1. The number of carbonyl (C=O) groups is 1. The summed E-state index contributed by atoms with van der Waals surface area (Å²) in [5, 5.41) is 10.8. The number of carbonyl (C=O) groups excluding carboxylic acids is 1. The van der Waals surface area contributed by atoms with E-state index >= 15 is 0 Å². The molecule has 0 aromatic heterocycles. The number of hydrogen-bond acceptors (Lipinski definition) is 3. The summed E-state index contributed by atoms with van der Waals surface area (Å²) in [7, 11) is 4.41. The van der Waals surface area contributed by atoms with Crippen LogP contribution in [0.3, 0.4) is 0 Å². The molecule has 5 fully saturated rings. The van der Waals surface area contributed by atoms with Crippen LogP contribution >= 0.6 is 0 Å². The predicted molar refractivity (Wildman–Crippen MR) is 191 cm³/mol. The number of quaternary nitrogens is 1. The van der Waals surface area contributed by atoms with Gasteiger partial charge in [-0.05, 0) is 135 Å². The molecule has 272 valence electrons. The first kappa shape index (κ1) is 39.2. The minimum atomic E-state index is -0.0206. The smallest absolute Gasteiger partial charge is 0.362 e. The van der Waals surface area contributed by atoms with Gasteiger partial charge >= 0.3 is 5.97 Å². The number of hydrogen-bond donors (Lipinski definition) is 1. The van der Waals surface area contributed by atoms with Gasteiger partial charge in [0, 0.05) is 12.0 Å². The third-order valence-electron chi connectivity index (χ3n) is 16.4. The van der Waals surface area contributed by atoms with Gasteiger partial charge in [-0.15, -0.1) is 0 Å². The van der Waals surface area contributed by atoms with Gasteiger partial charge in [-0.2, -0.15) is 0 Å². The highest BCUT2D eigenvalue weighted by molar-refractivity contribution is 5.70. The highest BCUT2D eigenvalue weighted by Gasteiger charge is 2.71. The standard InChI is InChI=1S/C42H74NO3.ClH/c1-11-12-13-14-15-16-27-43(9,10)28-36(45)46-35-21-22-39(6)33(38(35,4)5)20-23-41(8)34(39)18-17-32-37-31(30(2)3)19-24-42(37,29-44)26-25-40(32,41)7;/h31-35,37,44H,2,11-29H2,1,3-10H3;1H/q+1;/p-1/t31-,32?,33?,34?,35-,37?,39-,40+,41+,42+;/m0./s1. The zero-order chi connectivity index (χ0) is 33.8. The molecule has 0 aliphatic heterocycles. The molecule has 0 amide bonds. The molecule has 4 unspecified atom stereocenters. The normalized spacial score (nSPS) is 42.3. The monoisotopic (exact) mass is 676 g/mol. The topological polar surface area (TPSA) is 46.5 Å². The first-order chi connectivity index (χ1) is 21.5. The summed E-state index contributed by atoms with van der Waals surface area (Å²) in [4.78, 5) is 13.5. The summed E-state index contributed by atoms with van der Waals surface area (Å²) in [6.45, 7) is 23.8. The van der Waals surface area contributed by atoms with E-state index in [0.29, 0.717) is 53.6 Å². The minimum Gasteiger partial charge on any atom is -1.00 e. The van der Waals surface area contributed by atoms with Gasteiger partial charge in [0.2, 0.25) is 0 Å². The van der Waals surface area contributed by atoms with E-state index in [-0.39, 0.29) is 40.7 Å². The quantitative estimate of drug-likeness (QED) is 0.105. The number of esters is 1. The SMILES string of the molecule is C=C(C)[C@@H]1CC[C@]2(CO)CC[C@]3(C)C(CCC4[C@@]5(C)CC[C@H](OC(=O)C[N+](C)(C)CCCCCCCC)C(C)(C)C5CC[C@]43C)C12.[Cl-]. The van der Waals surface area contributed by atoms with Crippen molar-refractivity contribution < 1.29 is 31.5 Å². The number of rotatable bonds is 12. The fourth-order valence-electron chi connectivity index (χ4n) is 13.7. The maximum Gasteiger partial charge on any atom is 0.362 e. The molecule has 0 spiro atoms. The molecule has 4 nitrogen and oxygen atoms in total. The van der Waals surface area contributed by atoms with Crippen LogP contribution in [0, 0.1) is 56.7 Å². The van der Waals surface area contributed by atoms with Crippen molar-refractivity contribution in [3.05, 3.63) is 12.2 Å². The van der Waals surface area contributed by atoms with E-state index in [1.807, 2.05) is 0 Å². The van der Waals surface area contributed by atoms with Gasteiger partial charge in [0.05, 0.1) is 20.6 Å². The number of likely N-dealkylation sites (N-methyl/N-ethyl adjacent to an activating group) is 1. The second-order valence-corrected chi connectivity index (χ2v) is 19.6. The van der Waals surface area contributed by atoms with Crippen LogP contribution in [0.4, 0.5) is 0 Å². The number of aliphatic hydroxyl groups is 1. The molecule has 0 radical (unpaired) electrons. The zero-order valence-corrected chi connectivity index (χ0v) is 33.0. The zero-order valence-electron chi connectivity index (χ0n) is 32.2. The highest BCUT2D eigenvalue weighted by atomic mass is 35.5. The number of unbranched alkanes of at least 4 members (excludes halogenated alkanes) is 5. The summed E-state index contributed by atoms with van der Waals surface area (Å²) in [5.74, 6) is 3.13. The van der Waals surface area contributed by atoms with Crippen molar-refractivity contribution in [2.45, 2.75) is 157 Å². The molecule has 10 atom stereocenters. The number of halogens is 1. The molecular weight excluding hydrogens is 602 g/mol. The fraction of sp³-hybridized carbons (Fsp3) is 0.929. The van der Waals surface area contributed by atoms with Crippen LogP contribution in [0.1, 0.15) is 151 Å². The molecule has 47 heavy (non-hydrogen) atoms. The van der Waals surface area contributed by atoms with Gasteiger partial charge < -0.3 is 26.7 Å². The average Bonchev–Trinajstić information content (AvgIpc) is 3.37.